The van der Waals surface area contributed by atoms with E-state index in [4.69, 9.17) is 4.74 Å². The van der Waals surface area contributed by atoms with Gasteiger partial charge in [0, 0.05) is 11.1 Å². The standard InChI is InChI=1S/C23H34F2O2/c1-3-5-6-8-17-13-14-18-19(16-11-9-15(7-4-2)10-12-16)22(26)20(24)21(25)23(18)27-17/h15-17,26H,3-14H2,1-2H3. The van der Waals surface area contributed by atoms with Crippen LogP contribution < -0.4 is 4.74 Å². The third kappa shape index (κ3) is 4.41. The first-order chi connectivity index (χ1) is 13.1. The molecule has 1 aliphatic heterocycles. The van der Waals surface area contributed by atoms with E-state index in [1.807, 2.05) is 0 Å². The van der Waals surface area contributed by atoms with Gasteiger partial charge in [-0.15, -0.1) is 0 Å². The third-order valence-corrected chi connectivity index (χ3v) is 6.54. The number of unbranched alkanes of at least 4 members (excludes halogenated alkanes) is 2. The van der Waals surface area contributed by atoms with E-state index in [0.29, 0.717) is 12.0 Å². The van der Waals surface area contributed by atoms with Gasteiger partial charge in [-0.25, -0.2) is 0 Å². The molecule has 1 N–H and O–H groups in total. The van der Waals surface area contributed by atoms with Crippen molar-refractivity contribution in [3.8, 4) is 11.5 Å². The Hall–Kier alpha value is -1.32. The molecule has 152 valence electrons. The lowest BCUT2D eigenvalue weighted by molar-refractivity contribution is 0.148. The molecule has 1 aromatic rings. The minimum atomic E-state index is -1.13. The van der Waals surface area contributed by atoms with Crippen molar-refractivity contribution in [1.82, 2.24) is 0 Å². The van der Waals surface area contributed by atoms with Gasteiger partial charge in [0.1, 0.15) is 0 Å². The summed E-state index contributed by atoms with van der Waals surface area (Å²) in [4.78, 5) is 0. The first-order valence-electron chi connectivity index (χ1n) is 11.0. The average Bonchev–Trinajstić information content (AvgIpc) is 2.68. The van der Waals surface area contributed by atoms with Crippen LogP contribution in [-0.4, -0.2) is 11.2 Å². The van der Waals surface area contributed by atoms with Crippen molar-refractivity contribution in [2.45, 2.75) is 103 Å². The Labute approximate surface area is 162 Å². The van der Waals surface area contributed by atoms with Crippen molar-refractivity contribution in [2.75, 3.05) is 0 Å². The molecule has 3 rings (SSSR count). The fourth-order valence-electron chi connectivity index (χ4n) is 5.03. The molecule has 0 radical (unpaired) electrons. The highest BCUT2D eigenvalue weighted by atomic mass is 19.2. The van der Waals surface area contributed by atoms with Gasteiger partial charge in [0.05, 0.1) is 6.10 Å². The largest absolute Gasteiger partial charge is 0.505 e. The summed E-state index contributed by atoms with van der Waals surface area (Å²) >= 11 is 0. The smallest absolute Gasteiger partial charge is 0.204 e. The molecule has 1 aliphatic carbocycles. The topological polar surface area (TPSA) is 29.5 Å². The number of phenols is 1. The summed E-state index contributed by atoms with van der Waals surface area (Å²) in [7, 11) is 0. The van der Waals surface area contributed by atoms with Gasteiger partial charge in [0.25, 0.3) is 0 Å². The van der Waals surface area contributed by atoms with Crippen molar-refractivity contribution in [1.29, 1.82) is 0 Å². The summed E-state index contributed by atoms with van der Waals surface area (Å²) in [6, 6.07) is 0. The second-order valence-electron chi connectivity index (χ2n) is 8.48. The lowest BCUT2D eigenvalue weighted by atomic mass is 9.75. The molecule has 4 heteroatoms. The summed E-state index contributed by atoms with van der Waals surface area (Å²) in [6.45, 7) is 4.36. The normalized spacial score (nSPS) is 25.1. The van der Waals surface area contributed by atoms with Gasteiger partial charge in [-0.2, -0.15) is 8.78 Å². The van der Waals surface area contributed by atoms with Crippen LogP contribution >= 0.6 is 0 Å². The zero-order valence-electron chi connectivity index (χ0n) is 16.8. The number of hydrogen-bond acceptors (Lipinski definition) is 2. The van der Waals surface area contributed by atoms with Crippen LogP contribution in [0.1, 0.15) is 102 Å². The van der Waals surface area contributed by atoms with Crippen LogP contribution in [0.3, 0.4) is 0 Å². The van der Waals surface area contributed by atoms with E-state index >= 15 is 0 Å². The lowest BCUT2D eigenvalue weighted by Gasteiger charge is -2.34. The maximum absolute atomic E-state index is 14.6. The molecule has 2 nitrogen and oxygen atoms in total. The SMILES string of the molecule is CCCCCC1CCc2c(c(F)c(F)c(O)c2C2CCC(CCC)CC2)O1. The Bertz CT molecular complexity index is 636. The maximum atomic E-state index is 14.6. The highest BCUT2D eigenvalue weighted by Gasteiger charge is 2.35. The summed E-state index contributed by atoms with van der Waals surface area (Å²) in [5.74, 6) is -1.70. The summed E-state index contributed by atoms with van der Waals surface area (Å²) in [5.41, 5.74) is 1.35. The van der Waals surface area contributed by atoms with E-state index < -0.39 is 17.4 Å². The minimum Gasteiger partial charge on any atom is -0.505 e. The second kappa shape index (κ2) is 9.25. The van der Waals surface area contributed by atoms with Crippen molar-refractivity contribution in [2.24, 2.45) is 5.92 Å². The summed E-state index contributed by atoms with van der Waals surface area (Å²) in [5, 5.41) is 10.4. The highest BCUT2D eigenvalue weighted by molar-refractivity contribution is 5.53. The van der Waals surface area contributed by atoms with Crippen LogP contribution in [0.4, 0.5) is 8.78 Å². The van der Waals surface area contributed by atoms with E-state index in [0.717, 1.165) is 69.3 Å². The van der Waals surface area contributed by atoms with Crippen LogP contribution in [0.5, 0.6) is 11.5 Å². The number of fused-ring (bicyclic) bond motifs is 1. The van der Waals surface area contributed by atoms with Crippen molar-refractivity contribution in [3.63, 3.8) is 0 Å². The molecule has 0 aromatic heterocycles. The van der Waals surface area contributed by atoms with E-state index in [-0.39, 0.29) is 17.8 Å². The molecule has 0 spiro atoms. The number of benzene rings is 1. The predicted octanol–water partition coefficient (Wildman–Crippen LogP) is 7.02. The molecule has 1 unspecified atom stereocenters. The van der Waals surface area contributed by atoms with Crippen molar-refractivity contribution < 1.29 is 18.6 Å². The molecule has 1 saturated carbocycles. The first-order valence-corrected chi connectivity index (χ1v) is 11.0. The molecular formula is C23H34F2O2. The highest BCUT2D eigenvalue weighted by Crippen LogP contribution is 2.48. The van der Waals surface area contributed by atoms with E-state index in [9.17, 15) is 13.9 Å². The number of ether oxygens (including phenoxy) is 1. The van der Waals surface area contributed by atoms with Crippen LogP contribution in [0.25, 0.3) is 0 Å². The van der Waals surface area contributed by atoms with Crippen molar-refractivity contribution >= 4 is 0 Å². The zero-order chi connectivity index (χ0) is 19.4. The molecule has 27 heavy (non-hydrogen) atoms. The van der Waals surface area contributed by atoms with Gasteiger partial charge in [-0.05, 0) is 63.2 Å². The predicted molar refractivity (Wildman–Crippen MR) is 105 cm³/mol. The van der Waals surface area contributed by atoms with Gasteiger partial charge >= 0.3 is 0 Å². The Morgan fingerprint density at radius 1 is 0.926 bits per heavy atom. The molecular weight excluding hydrogens is 346 g/mol. The quantitative estimate of drug-likeness (QED) is 0.515. The van der Waals surface area contributed by atoms with Gasteiger partial charge < -0.3 is 9.84 Å². The van der Waals surface area contributed by atoms with Gasteiger partial charge in [0.2, 0.25) is 11.6 Å². The Morgan fingerprint density at radius 2 is 1.67 bits per heavy atom. The van der Waals surface area contributed by atoms with E-state index in [2.05, 4.69) is 13.8 Å². The number of aromatic hydroxyl groups is 1. The number of halogens is 2. The van der Waals surface area contributed by atoms with Crippen LogP contribution in [0.2, 0.25) is 0 Å². The average molecular weight is 381 g/mol. The molecule has 1 aromatic carbocycles. The monoisotopic (exact) mass is 380 g/mol. The third-order valence-electron chi connectivity index (χ3n) is 6.54. The molecule has 0 amide bonds. The second-order valence-corrected chi connectivity index (χ2v) is 8.48. The first kappa shape index (κ1) is 20.4. The zero-order valence-corrected chi connectivity index (χ0v) is 16.8. The number of rotatable bonds is 7. The molecule has 1 heterocycles. The van der Waals surface area contributed by atoms with Crippen molar-refractivity contribution in [3.05, 3.63) is 22.8 Å². The maximum Gasteiger partial charge on any atom is 0.204 e. The molecule has 2 aliphatic rings. The Morgan fingerprint density at radius 3 is 2.33 bits per heavy atom. The summed E-state index contributed by atoms with van der Waals surface area (Å²) < 4.78 is 34.9. The molecule has 1 atom stereocenters. The van der Waals surface area contributed by atoms with E-state index in [1.54, 1.807) is 0 Å². The fourth-order valence-corrected chi connectivity index (χ4v) is 5.03. The Balaban J connectivity index is 1.82. The molecule has 0 saturated heterocycles. The van der Waals surface area contributed by atoms with Crippen LogP contribution in [0.15, 0.2) is 0 Å². The van der Waals surface area contributed by atoms with Crippen LogP contribution in [0, 0.1) is 17.6 Å². The van der Waals surface area contributed by atoms with Gasteiger partial charge in [0.15, 0.2) is 11.5 Å². The Kier molecular flexibility index (Phi) is 6.99. The van der Waals surface area contributed by atoms with Gasteiger partial charge in [-0.3, -0.25) is 0 Å². The minimum absolute atomic E-state index is 0.0457. The van der Waals surface area contributed by atoms with Gasteiger partial charge in [-0.1, -0.05) is 39.5 Å². The van der Waals surface area contributed by atoms with Crippen LogP contribution in [-0.2, 0) is 6.42 Å². The number of hydrogen-bond donors (Lipinski definition) is 1. The van der Waals surface area contributed by atoms with E-state index in [1.165, 1.54) is 12.8 Å². The number of phenolic OH excluding ortho intramolecular Hbond substituents is 1. The fraction of sp³-hybridized carbons (Fsp3) is 0.739. The molecule has 0 bridgehead atoms. The molecule has 1 fully saturated rings. The summed E-state index contributed by atoms with van der Waals surface area (Å²) in [6.07, 6.45) is 12.1. The lowest BCUT2D eigenvalue weighted by Crippen LogP contribution is -2.26.